The van der Waals surface area contributed by atoms with E-state index in [-0.39, 0.29) is 29.1 Å². The molecule has 0 aliphatic rings. The number of carbonyl (C=O) groups is 2. The molecule has 0 aromatic heterocycles. The number of aliphatic carboxylic acids is 1. The number of Topliss-reactive ketones (excluding diaryl/α,β-unsaturated/α-hetero) is 1. The van der Waals surface area contributed by atoms with E-state index in [9.17, 15) is 19.7 Å². The van der Waals surface area contributed by atoms with Crippen molar-refractivity contribution in [3.05, 3.63) is 33.9 Å². The number of nitrogens with zero attached hydrogens (tertiary/aromatic N) is 1. The first-order valence-corrected chi connectivity index (χ1v) is 5.67. The van der Waals surface area contributed by atoms with Crippen LogP contribution in [0.25, 0.3) is 0 Å². The third-order valence-corrected chi connectivity index (χ3v) is 2.58. The van der Waals surface area contributed by atoms with E-state index in [4.69, 9.17) is 5.11 Å². The maximum atomic E-state index is 11.5. The number of nitrogens with one attached hydrogen (secondary N) is 1. The first kappa shape index (κ1) is 14.6. The fourth-order valence-corrected chi connectivity index (χ4v) is 1.48. The lowest BCUT2D eigenvalue weighted by atomic mass is 10.1. The molecule has 0 heterocycles. The van der Waals surface area contributed by atoms with Gasteiger partial charge in [-0.05, 0) is 19.1 Å². The second-order valence-corrected chi connectivity index (χ2v) is 3.97. The number of ketones is 1. The zero-order valence-electron chi connectivity index (χ0n) is 10.5. The van der Waals surface area contributed by atoms with E-state index in [2.05, 4.69) is 5.32 Å². The molecule has 7 heteroatoms. The van der Waals surface area contributed by atoms with Gasteiger partial charge >= 0.3 is 5.97 Å². The maximum Gasteiger partial charge on any atom is 0.325 e. The monoisotopic (exact) mass is 266 g/mol. The molecule has 1 aromatic rings. The summed E-state index contributed by atoms with van der Waals surface area (Å²) in [7, 11) is 0. The number of benzene rings is 1. The van der Waals surface area contributed by atoms with Gasteiger partial charge < -0.3 is 10.4 Å². The molecule has 102 valence electrons. The highest BCUT2D eigenvalue weighted by Crippen LogP contribution is 2.26. The molecular formula is C12H14N2O5. The summed E-state index contributed by atoms with van der Waals surface area (Å²) in [5, 5.41) is 22.2. The second kappa shape index (κ2) is 5.94. The molecule has 1 aromatic carbocycles. The lowest BCUT2D eigenvalue weighted by Crippen LogP contribution is -2.25. The molecule has 0 radical (unpaired) electrons. The summed E-state index contributed by atoms with van der Waals surface area (Å²) in [6.07, 6.45) is 0.245. The topological polar surface area (TPSA) is 110 Å². The first-order valence-electron chi connectivity index (χ1n) is 5.67. The van der Waals surface area contributed by atoms with Gasteiger partial charge in [-0.15, -0.1) is 0 Å². The van der Waals surface area contributed by atoms with Gasteiger partial charge in [0.25, 0.3) is 5.69 Å². The quantitative estimate of drug-likeness (QED) is 0.463. The highest BCUT2D eigenvalue weighted by molar-refractivity contribution is 5.97. The van der Waals surface area contributed by atoms with E-state index in [1.807, 2.05) is 0 Å². The summed E-state index contributed by atoms with van der Waals surface area (Å²) >= 11 is 0. The van der Waals surface area contributed by atoms with E-state index in [1.54, 1.807) is 6.92 Å². The molecule has 0 aliphatic heterocycles. The first-order chi connectivity index (χ1) is 8.86. The van der Waals surface area contributed by atoms with Crippen LogP contribution in [0, 0.1) is 10.1 Å². The summed E-state index contributed by atoms with van der Waals surface area (Å²) in [4.78, 5) is 32.5. The smallest absolute Gasteiger partial charge is 0.325 e. The van der Waals surface area contributed by atoms with Crippen LogP contribution >= 0.6 is 0 Å². The van der Waals surface area contributed by atoms with Crippen molar-refractivity contribution >= 4 is 23.1 Å². The number of carbonyl (C=O) groups excluding carboxylic acids is 1. The van der Waals surface area contributed by atoms with E-state index in [1.165, 1.54) is 19.1 Å². The molecule has 0 saturated carbocycles. The predicted molar refractivity (Wildman–Crippen MR) is 68.4 cm³/mol. The van der Waals surface area contributed by atoms with Crippen molar-refractivity contribution in [2.75, 3.05) is 5.32 Å². The number of hydrogen-bond acceptors (Lipinski definition) is 5. The highest BCUT2D eigenvalue weighted by Gasteiger charge is 2.20. The van der Waals surface area contributed by atoms with Crippen LogP contribution < -0.4 is 5.32 Å². The van der Waals surface area contributed by atoms with Crippen LogP contribution in [-0.2, 0) is 4.79 Å². The van der Waals surface area contributed by atoms with Crippen molar-refractivity contribution in [1.29, 1.82) is 0 Å². The second-order valence-electron chi connectivity index (χ2n) is 3.97. The molecule has 2 N–H and O–H groups in total. The van der Waals surface area contributed by atoms with Crippen LogP contribution in [0.15, 0.2) is 18.2 Å². The Balaban J connectivity index is 3.15. The summed E-state index contributed by atoms with van der Waals surface area (Å²) in [5.74, 6) is -1.33. The molecule has 0 bridgehead atoms. The minimum absolute atomic E-state index is 0.0764. The van der Waals surface area contributed by atoms with Gasteiger partial charge in [-0.2, -0.15) is 0 Å². The van der Waals surface area contributed by atoms with E-state index < -0.39 is 16.9 Å². The lowest BCUT2D eigenvalue weighted by Gasteiger charge is -2.11. The van der Waals surface area contributed by atoms with Gasteiger partial charge in [0.1, 0.15) is 11.7 Å². The fourth-order valence-electron chi connectivity index (χ4n) is 1.48. The van der Waals surface area contributed by atoms with Crippen LogP contribution in [0.4, 0.5) is 11.4 Å². The Hall–Kier alpha value is -2.44. The SMILES string of the molecule is CCC(=O)c1ccc(N[C@@H](C)C(=O)O)c([N+](=O)[O-])c1. The van der Waals surface area contributed by atoms with Gasteiger partial charge in [0.15, 0.2) is 5.78 Å². The van der Waals surface area contributed by atoms with Crippen molar-refractivity contribution in [3.63, 3.8) is 0 Å². The number of rotatable bonds is 6. The molecule has 7 nitrogen and oxygen atoms in total. The molecule has 0 fully saturated rings. The number of nitro groups is 1. The minimum atomic E-state index is -1.12. The van der Waals surface area contributed by atoms with Gasteiger partial charge in [-0.25, -0.2) is 0 Å². The fraction of sp³-hybridized carbons (Fsp3) is 0.333. The Morgan fingerprint density at radius 2 is 2.11 bits per heavy atom. The molecule has 1 rings (SSSR count). The van der Waals surface area contributed by atoms with E-state index in [0.29, 0.717) is 0 Å². The normalized spacial score (nSPS) is 11.7. The summed E-state index contributed by atoms with van der Waals surface area (Å²) in [6, 6.07) is 2.98. The third-order valence-electron chi connectivity index (χ3n) is 2.58. The largest absolute Gasteiger partial charge is 0.480 e. The molecule has 0 unspecified atom stereocenters. The van der Waals surface area contributed by atoms with Gasteiger partial charge in [0, 0.05) is 18.1 Å². The van der Waals surface area contributed by atoms with Crippen LogP contribution in [-0.4, -0.2) is 27.8 Å². The van der Waals surface area contributed by atoms with Crippen molar-refractivity contribution in [2.45, 2.75) is 26.3 Å². The number of nitro benzene ring substituents is 1. The van der Waals surface area contributed by atoms with Crippen molar-refractivity contribution in [2.24, 2.45) is 0 Å². The van der Waals surface area contributed by atoms with Gasteiger partial charge in [0.2, 0.25) is 0 Å². The summed E-state index contributed by atoms with van der Waals surface area (Å²) < 4.78 is 0. The Kier molecular flexibility index (Phi) is 4.57. The number of carboxylic acid groups (broad SMARTS) is 1. The lowest BCUT2D eigenvalue weighted by molar-refractivity contribution is -0.384. The van der Waals surface area contributed by atoms with Gasteiger partial charge in [-0.3, -0.25) is 19.7 Å². The third kappa shape index (κ3) is 3.51. The van der Waals surface area contributed by atoms with E-state index >= 15 is 0 Å². The van der Waals surface area contributed by atoms with E-state index in [0.717, 1.165) is 6.07 Å². The summed E-state index contributed by atoms with van der Waals surface area (Å²) in [6.45, 7) is 3.03. The van der Waals surface area contributed by atoms with Gasteiger partial charge in [-0.1, -0.05) is 6.92 Å². The molecular weight excluding hydrogens is 252 g/mol. The Labute approximate surface area is 109 Å². The summed E-state index contributed by atoms with van der Waals surface area (Å²) in [5.41, 5.74) is 0.00248. The predicted octanol–water partition coefficient (Wildman–Crippen LogP) is 2.07. The van der Waals surface area contributed by atoms with Crippen LogP contribution in [0.2, 0.25) is 0 Å². The zero-order chi connectivity index (χ0) is 14.6. The minimum Gasteiger partial charge on any atom is -0.480 e. The Morgan fingerprint density at radius 1 is 1.47 bits per heavy atom. The molecule has 0 amide bonds. The highest BCUT2D eigenvalue weighted by atomic mass is 16.6. The van der Waals surface area contributed by atoms with Crippen molar-refractivity contribution < 1.29 is 19.6 Å². The molecule has 1 atom stereocenters. The number of anilines is 1. The standard InChI is InChI=1S/C12H14N2O5/c1-3-11(15)8-4-5-9(10(6-8)14(18)19)13-7(2)12(16)17/h4-7,13H,3H2,1-2H3,(H,16,17)/t7-/m0/s1. The Morgan fingerprint density at radius 3 is 2.58 bits per heavy atom. The van der Waals surface area contributed by atoms with Crippen LogP contribution in [0.3, 0.4) is 0 Å². The molecule has 0 saturated heterocycles. The molecule has 19 heavy (non-hydrogen) atoms. The maximum absolute atomic E-state index is 11.5. The van der Waals surface area contributed by atoms with Crippen LogP contribution in [0.5, 0.6) is 0 Å². The van der Waals surface area contributed by atoms with Crippen molar-refractivity contribution in [1.82, 2.24) is 0 Å². The number of carboxylic acids is 1. The average molecular weight is 266 g/mol. The van der Waals surface area contributed by atoms with Crippen molar-refractivity contribution in [3.8, 4) is 0 Å². The molecule has 0 aliphatic carbocycles. The van der Waals surface area contributed by atoms with Gasteiger partial charge in [0.05, 0.1) is 4.92 Å². The number of hydrogen-bond donors (Lipinski definition) is 2. The zero-order valence-corrected chi connectivity index (χ0v) is 10.5. The molecule has 0 spiro atoms. The Bertz CT molecular complexity index is 527. The van der Waals surface area contributed by atoms with Crippen LogP contribution in [0.1, 0.15) is 30.6 Å². The average Bonchev–Trinajstić information content (AvgIpc) is 2.37.